The van der Waals surface area contributed by atoms with E-state index in [1.54, 1.807) is 0 Å². The van der Waals surface area contributed by atoms with Gasteiger partial charge in [-0.3, -0.25) is 9.97 Å². The monoisotopic (exact) mass is 264 g/mol. The van der Waals surface area contributed by atoms with E-state index in [1.165, 1.54) is 27.6 Å². The zero-order valence-corrected chi connectivity index (χ0v) is 12.4. The Balaban J connectivity index is 2.50. The van der Waals surface area contributed by atoms with Crippen LogP contribution in [0.25, 0.3) is 21.8 Å². The van der Waals surface area contributed by atoms with Gasteiger partial charge in [0, 0.05) is 22.7 Å². The van der Waals surface area contributed by atoms with E-state index in [1.807, 2.05) is 12.3 Å². The van der Waals surface area contributed by atoms with Crippen LogP contribution in [0, 0.1) is 0 Å². The lowest BCUT2D eigenvalue weighted by Gasteiger charge is -2.15. The van der Waals surface area contributed by atoms with Crippen LogP contribution in [-0.2, 0) is 19.3 Å². The van der Waals surface area contributed by atoms with Crippen molar-refractivity contribution in [3.05, 3.63) is 47.3 Å². The molecule has 0 fully saturated rings. The van der Waals surface area contributed by atoms with Crippen molar-refractivity contribution in [3.63, 3.8) is 0 Å². The van der Waals surface area contributed by atoms with Gasteiger partial charge in [0.05, 0.1) is 11.0 Å². The van der Waals surface area contributed by atoms with Gasteiger partial charge in [-0.25, -0.2) is 0 Å². The lowest BCUT2D eigenvalue weighted by Crippen LogP contribution is -2.03. The standard InChI is InChI=1S/C18H20N2/c1-4-13-14(5-2)16(6-3)20-18-15(13)10-9-12-8-7-11-19-17(12)18/h7-11H,4-6H2,1-3H3. The van der Waals surface area contributed by atoms with E-state index in [2.05, 4.69) is 44.0 Å². The molecule has 2 heterocycles. The van der Waals surface area contributed by atoms with Gasteiger partial charge in [-0.2, -0.15) is 0 Å². The van der Waals surface area contributed by atoms with E-state index in [0.29, 0.717) is 0 Å². The normalized spacial score (nSPS) is 11.3. The van der Waals surface area contributed by atoms with Crippen LogP contribution in [0.5, 0.6) is 0 Å². The Hall–Kier alpha value is -1.96. The average molecular weight is 264 g/mol. The molecule has 0 radical (unpaired) electrons. The van der Waals surface area contributed by atoms with Crippen LogP contribution >= 0.6 is 0 Å². The molecule has 0 aliphatic rings. The van der Waals surface area contributed by atoms with Gasteiger partial charge in [0.1, 0.15) is 0 Å². The van der Waals surface area contributed by atoms with Crippen molar-refractivity contribution in [1.29, 1.82) is 0 Å². The van der Waals surface area contributed by atoms with Gasteiger partial charge in [-0.05, 0) is 36.5 Å². The molecule has 2 aromatic heterocycles. The number of rotatable bonds is 3. The summed E-state index contributed by atoms with van der Waals surface area (Å²) in [6.07, 6.45) is 4.94. The first-order valence-electron chi connectivity index (χ1n) is 7.48. The molecule has 3 aromatic rings. The topological polar surface area (TPSA) is 25.8 Å². The van der Waals surface area contributed by atoms with Gasteiger partial charge in [0.2, 0.25) is 0 Å². The Morgan fingerprint density at radius 2 is 1.65 bits per heavy atom. The van der Waals surface area contributed by atoms with E-state index in [9.17, 15) is 0 Å². The second-order valence-corrected chi connectivity index (χ2v) is 5.11. The van der Waals surface area contributed by atoms with Crippen LogP contribution in [-0.4, -0.2) is 9.97 Å². The van der Waals surface area contributed by atoms with E-state index in [4.69, 9.17) is 4.98 Å². The summed E-state index contributed by atoms with van der Waals surface area (Å²) in [5.41, 5.74) is 6.20. The van der Waals surface area contributed by atoms with Gasteiger partial charge in [-0.1, -0.05) is 39.0 Å². The molecule has 0 aliphatic carbocycles. The molecule has 3 rings (SSSR count). The van der Waals surface area contributed by atoms with Crippen molar-refractivity contribution in [2.24, 2.45) is 0 Å². The fourth-order valence-corrected chi connectivity index (χ4v) is 3.14. The van der Waals surface area contributed by atoms with Gasteiger partial charge in [0.15, 0.2) is 0 Å². The average Bonchev–Trinajstić information content (AvgIpc) is 2.52. The molecule has 0 atom stereocenters. The summed E-state index contributed by atoms with van der Waals surface area (Å²) < 4.78 is 0. The van der Waals surface area contributed by atoms with Gasteiger partial charge >= 0.3 is 0 Å². The third-order valence-electron chi connectivity index (χ3n) is 4.07. The Morgan fingerprint density at radius 3 is 2.35 bits per heavy atom. The molecule has 1 aromatic carbocycles. The Labute approximate surface area is 119 Å². The first-order chi connectivity index (χ1) is 9.80. The number of aromatic nitrogens is 2. The lowest BCUT2D eigenvalue weighted by molar-refractivity contribution is 0.947. The summed E-state index contributed by atoms with van der Waals surface area (Å²) >= 11 is 0. The lowest BCUT2D eigenvalue weighted by atomic mass is 9.95. The maximum Gasteiger partial charge on any atom is 0.0970 e. The highest BCUT2D eigenvalue weighted by Crippen LogP contribution is 2.29. The summed E-state index contributed by atoms with van der Waals surface area (Å²) in [6.45, 7) is 6.64. The number of hydrogen-bond donors (Lipinski definition) is 0. The van der Waals surface area contributed by atoms with Crippen LogP contribution in [0.1, 0.15) is 37.6 Å². The Morgan fingerprint density at radius 1 is 0.850 bits per heavy atom. The summed E-state index contributed by atoms with van der Waals surface area (Å²) in [6, 6.07) is 8.46. The van der Waals surface area contributed by atoms with E-state index < -0.39 is 0 Å². The summed E-state index contributed by atoms with van der Waals surface area (Å²) in [7, 11) is 0. The van der Waals surface area contributed by atoms with Crippen molar-refractivity contribution >= 4 is 21.8 Å². The first kappa shape index (κ1) is 13.0. The van der Waals surface area contributed by atoms with Crippen LogP contribution in [0.4, 0.5) is 0 Å². The molecule has 0 unspecified atom stereocenters. The number of aryl methyl sites for hydroxylation is 2. The van der Waals surface area contributed by atoms with Gasteiger partial charge < -0.3 is 0 Å². The van der Waals surface area contributed by atoms with Crippen molar-refractivity contribution < 1.29 is 0 Å². The molecule has 0 amide bonds. The number of pyridine rings is 2. The van der Waals surface area contributed by atoms with Crippen molar-refractivity contribution in [2.45, 2.75) is 40.0 Å². The molecular formula is C18H20N2. The van der Waals surface area contributed by atoms with Gasteiger partial charge in [0.25, 0.3) is 0 Å². The predicted octanol–water partition coefficient (Wildman–Crippen LogP) is 4.47. The fourth-order valence-electron chi connectivity index (χ4n) is 3.14. The minimum Gasteiger partial charge on any atom is -0.254 e. The van der Waals surface area contributed by atoms with Crippen LogP contribution in [0.15, 0.2) is 30.5 Å². The molecule has 20 heavy (non-hydrogen) atoms. The summed E-state index contributed by atoms with van der Waals surface area (Å²) in [5.74, 6) is 0. The molecule has 0 bridgehead atoms. The number of fused-ring (bicyclic) bond motifs is 3. The molecular weight excluding hydrogens is 244 g/mol. The maximum atomic E-state index is 4.94. The number of hydrogen-bond acceptors (Lipinski definition) is 2. The SMILES string of the molecule is CCc1nc2c(ccc3cccnc32)c(CC)c1CC. The van der Waals surface area contributed by atoms with E-state index >= 15 is 0 Å². The molecule has 0 aliphatic heterocycles. The third kappa shape index (κ3) is 1.87. The van der Waals surface area contributed by atoms with E-state index in [-0.39, 0.29) is 0 Å². The van der Waals surface area contributed by atoms with Crippen LogP contribution in [0.3, 0.4) is 0 Å². The highest BCUT2D eigenvalue weighted by molar-refractivity contribution is 6.04. The first-order valence-corrected chi connectivity index (χ1v) is 7.48. The maximum absolute atomic E-state index is 4.94. The predicted molar refractivity (Wildman–Crippen MR) is 85.2 cm³/mol. The summed E-state index contributed by atoms with van der Waals surface area (Å²) in [4.78, 5) is 9.49. The molecule has 0 spiro atoms. The zero-order valence-electron chi connectivity index (χ0n) is 12.4. The van der Waals surface area contributed by atoms with Crippen LogP contribution in [0.2, 0.25) is 0 Å². The third-order valence-corrected chi connectivity index (χ3v) is 4.07. The Bertz CT molecular complexity index is 775. The molecule has 102 valence electrons. The number of benzene rings is 1. The second kappa shape index (κ2) is 5.20. The van der Waals surface area contributed by atoms with Gasteiger partial charge in [-0.15, -0.1) is 0 Å². The highest BCUT2D eigenvalue weighted by atomic mass is 14.8. The summed E-state index contributed by atoms with van der Waals surface area (Å²) in [5, 5.41) is 2.44. The van der Waals surface area contributed by atoms with Crippen molar-refractivity contribution in [1.82, 2.24) is 9.97 Å². The molecule has 2 heteroatoms. The van der Waals surface area contributed by atoms with Crippen LogP contribution < -0.4 is 0 Å². The minimum absolute atomic E-state index is 0.981. The number of nitrogens with zero attached hydrogens (tertiary/aromatic N) is 2. The zero-order chi connectivity index (χ0) is 14.1. The molecule has 0 N–H and O–H groups in total. The molecule has 0 saturated heterocycles. The quantitative estimate of drug-likeness (QED) is 0.652. The largest absolute Gasteiger partial charge is 0.254 e. The van der Waals surface area contributed by atoms with Crippen molar-refractivity contribution in [3.8, 4) is 0 Å². The second-order valence-electron chi connectivity index (χ2n) is 5.11. The molecule has 0 saturated carbocycles. The van der Waals surface area contributed by atoms with E-state index in [0.717, 1.165) is 30.3 Å². The fraction of sp³-hybridized carbons (Fsp3) is 0.333. The molecule has 2 nitrogen and oxygen atoms in total. The smallest absolute Gasteiger partial charge is 0.0970 e. The van der Waals surface area contributed by atoms with Crippen molar-refractivity contribution in [2.75, 3.05) is 0 Å². The Kier molecular flexibility index (Phi) is 3.39. The highest BCUT2D eigenvalue weighted by Gasteiger charge is 2.13. The minimum atomic E-state index is 0.981.